The maximum absolute atomic E-state index is 13.4. The normalized spacial score (nSPS) is 16.6. The van der Waals surface area contributed by atoms with Crippen LogP contribution in [-0.2, 0) is 36.9 Å². The predicted molar refractivity (Wildman–Crippen MR) is 204 cm³/mol. The van der Waals surface area contributed by atoms with Crippen LogP contribution in [0.15, 0.2) is 36.4 Å². The summed E-state index contributed by atoms with van der Waals surface area (Å²) in [7, 11) is 0. The number of aromatic nitrogens is 2. The molecule has 5 unspecified atom stereocenters. The molecule has 1 aliphatic rings. The molecule has 0 radical (unpaired) electrons. The number of nitrogens with zero attached hydrogens (tertiary/aromatic N) is 2. The van der Waals surface area contributed by atoms with Gasteiger partial charge in [-0.15, -0.1) is 0 Å². The third-order valence-corrected chi connectivity index (χ3v) is 9.23. The van der Waals surface area contributed by atoms with E-state index in [0.717, 1.165) is 32.1 Å². The lowest BCUT2D eigenvalue weighted by Crippen LogP contribution is -2.54. The number of alkyl carbamates (subject to hydrolysis) is 1. The molecule has 2 aromatic rings. The van der Waals surface area contributed by atoms with Crippen molar-refractivity contribution in [2.24, 2.45) is 11.8 Å². The van der Waals surface area contributed by atoms with E-state index in [1.165, 1.54) is 12.1 Å². The number of aryl methyl sites for hydroxylation is 1. The van der Waals surface area contributed by atoms with Crippen LogP contribution in [0.3, 0.4) is 0 Å². The number of anilines is 1. The van der Waals surface area contributed by atoms with Gasteiger partial charge in [0, 0.05) is 12.5 Å². The number of ether oxygens (including phenoxy) is 1. The van der Waals surface area contributed by atoms with Gasteiger partial charge >= 0.3 is 6.09 Å². The Hall–Kier alpha value is -4.79. The van der Waals surface area contributed by atoms with E-state index in [0.29, 0.717) is 24.4 Å². The molecule has 0 bridgehead atoms. The number of carbonyl (C=O) groups is 5. The molecule has 15 nitrogen and oxygen atoms in total. The van der Waals surface area contributed by atoms with E-state index in [4.69, 9.17) is 13.2 Å². The number of aliphatic hydroxyl groups excluding tert-OH is 1. The molecule has 1 fully saturated rings. The van der Waals surface area contributed by atoms with Crippen molar-refractivity contribution < 1.29 is 36.6 Å². The van der Waals surface area contributed by atoms with Crippen LogP contribution >= 0.6 is 0 Å². The smallest absolute Gasteiger partial charge is 0.408 e. The van der Waals surface area contributed by atoms with Crippen molar-refractivity contribution in [1.82, 2.24) is 36.6 Å². The molecule has 1 aromatic carbocycles. The maximum Gasteiger partial charge on any atom is 0.408 e. The van der Waals surface area contributed by atoms with Crippen molar-refractivity contribution in [3.8, 4) is 0 Å². The fourth-order valence-electron chi connectivity index (χ4n) is 6.31. The van der Waals surface area contributed by atoms with Crippen molar-refractivity contribution in [2.45, 2.75) is 136 Å². The zero-order chi connectivity index (χ0) is 41.6. The number of amides is 5. The first-order valence-electron chi connectivity index (χ1n) is 19.8. The minimum atomic E-state index is -1.31. The summed E-state index contributed by atoms with van der Waals surface area (Å²) in [5, 5.41) is 24.8. The van der Waals surface area contributed by atoms with Gasteiger partial charge in [-0.05, 0) is 51.5 Å². The lowest BCUT2D eigenvalue weighted by Gasteiger charge is -2.31. The highest BCUT2D eigenvalue weighted by molar-refractivity contribution is 5.90. The molecule has 298 valence electrons. The van der Waals surface area contributed by atoms with Crippen LogP contribution in [0, 0.1) is 18.8 Å². The molecule has 8 N–H and O–H groups in total. The SMILES string of the molecule is [3H]c1cccc([3H])c1CC(NC(=O)OC(C)(C)C)C(=O)NCC(=O)NC(CC1CCCCC1)C(O)CC(=O)NC(C(=O)NCc1cc(N)nc(C)n1)C(C)CC. The fourth-order valence-corrected chi connectivity index (χ4v) is 6.31. The van der Waals surface area contributed by atoms with E-state index in [1.54, 1.807) is 39.8 Å². The summed E-state index contributed by atoms with van der Waals surface area (Å²) in [6.45, 7) is 9.96. The van der Waals surface area contributed by atoms with Gasteiger partial charge in [0.25, 0.3) is 0 Å². The van der Waals surface area contributed by atoms with E-state index in [-0.39, 0.29) is 48.3 Å². The number of rotatable bonds is 18. The molecule has 3 rings (SSSR count). The zero-order valence-electron chi connectivity index (χ0n) is 34.4. The van der Waals surface area contributed by atoms with Crippen LogP contribution < -0.4 is 32.3 Å². The molecular formula is C39H60N8O7. The van der Waals surface area contributed by atoms with Crippen LogP contribution in [-0.4, -0.2) is 81.2 Å². The Morgan fingerprint density at radius 3 is 2.30 bits per heavy atom. The first kappa shape index (κ1) is 40.4. The Balaban J connectivity index is 1.68. The molecule has 15 heteroatoms. The van der Waals surface area contributed by atoms with Crippen LogP contribution in [0.4, 0.5) is 10.6 Å². The molecular weight excluding hydrogens is 692 g/mol. The topological polar surface area (TPSA) is 227 Å². The number of hydrogen-bond acceptors (Lipinski definition) is 10. The highest BCUT2D eigenvalue weighted by Crippen LogP contribution is 2.28. The summed E-state index contributed by atoms with van der Waals surface area (Å²) in [4.78, 5) is 74.4. The van der Waals surface area contributed by atoms with Crippen LogP contribution in [0.25, 0.3) is 0 Å². The van der Waals surface area contributed by atoms with Gasteiger partial charge in [-0.25, -0.2) is 14.8 Å². The molecule has 1 heterocycles. The van der Waals surface area contributed by atoms with Gasteiger partial charge < -0.3 is 42.2 Å². The molecule has 5 amide bonds. The van der Waals surface area contributed by atoms with Crippen molar-refractivity contribution >= 4 is 35.5 Å². The van der Waals surface area contributed by atoms with Gasteiger partial charge in [-0.3, -0.25) is 19.2 Å². The second-order valence-electron chi connectivity index (χ2n) is 15.1. The number of nitrogens with two attached hydrogens (primary N) is 1. The average molecular weight is 757 g/mol. The first-order chi connectivity index (χ1) is 26.3. The Kier molecular flexibility index (Phi) is 15.9. The highest BCUT2D eigenvalue weighted by Gasteiger charge is 2.31. The summed E-state index contributed by atoms with van der Waals surface area (Å²) < 4.78 is 21.8. The Labute approximate surface area is 321 Å². The Morgan fingerprint density at radius 1 is 0.981 bits per heavy atom. The second kappa shape index (κ2) is 21.2. The quantitative estimate of drug-likeness (QED) is 0.118. The first-order valence-corrected chi connectivity index (χ1v) is 18.8. The highest BCUT2D eigenvalue weighted by atomic mass is 16.6. The third-order valence-electron chi connectivity index (χ3n) is 9.23. The Bertz CT molecular complexity index is 1630. The predicted octanol–water partition coefficient (Wildman–Crippen LogP) is 2.97. The summed E-state index contributed by atoms with van der Waals surface area (Å²) >= 11 is 0. The van der Waals surface area contributed by atoms with Crippen molar-refractivity contribution in [3.63, 3.8) is 0 Å². The van der Waals surface area contributed by atoms with Crippen LogP contribution in [0.1, 0.15) is 106 Å². The summed E-state index contributed by atoms with van der Waals surface area (Å²) in [5.41, 5.74) is 5.69. The van der Waals surface area contributed by atoms with Crippen molar-refractivity contribution in [2.75, 3.05) is 12.3 Å². The number of hydrogen-bond donors (Lipinski definition) is 7. The number of nitrogen functional groups attached to an aromatic ring is 1. The number of aliphatic hydroxyl groups is 1. The molecule has 1 aromatic heterocycles. The minimum Gasteiger partial charge on any atom is -0.444 e. The van der Waals surface area contributed by atoms with E-state index < -0.39 is 72.5 Å². The van der Waals surface area contributed by atoms with Gasteiger partial charge in [0.15, 0.2) is 0 Å². The number of nitrogens with one attached hydrogen (secondary N) is 5. The number of carbonyl (C=O) groups excluding carboxylic acids is 5. The molecule has 0 spiro atoms. The zero-order valence-corrected chi connectivity index (χ0v) is 32.4. The van der Waals surface area contributed by atoms with E-state index >= 15 is 0 Å². The van der Waals surface area contributed by atoms with Crippen LogP contribution in [0.2, 0.25) is 0 Å². The summed E-state index contributed by atoms with van der Waals surface area (Å²) in [6.07, 6.45) is 3.13. The van der Waals surface area contributed by atoms with Crippen molar-refractivity contribution in [3.05, 3.63) is 53.4 Å². The van der Waals surface area contributed by atoms with Gasteiger partial charge in [-0.2, -0.15) is 0 Å². The van der Waals surface area contributed by atoms with Gasteiger partial charge in [-0.1, -0.05) is 82.7 Å². The lowest BCUT2D eigenvalue weighted by molar-refractivity contribution is -0.132. The fraction of sp³-hybridized carbons (Fsp3) is 0.615. The second-order valence-corrected chi connectivity index (χ2v) is 15.1. The van der Waals surface area contributed by atoms with Crippen LogP contribution in [0.5, 0.6) is 0 Å². The van der Waals surface area contributed by atoms with Gasteiger partial charge in [0.1, 0.15) is 29.3 Å². The molecule has 5 atom stereocenters. The average Bonchev–Trinajstić information content (AvgIpc) is 3.11. The standard InChI is InChI=1S/C39H60N8O7/c1-7-24(2)35(37(52)41-22-28-20-32(40)44-25(3)43-28)47-33(49)21-31(48)29(18-26-14-10-8-11-15-26)45-34(50)23-42-36(51)30(19-27-16-12-9-13-17-27)46-38(53)54-39(4,5)6/h9,12-13,16-17,20,24,26,29-31,35,48H,7-8,10-11,14-15,18-19,21-23H2,1-6H3,(H,41,52)(H,42,51)(H,45,50)(H,46,53)(H,47,49)(H2,40,43,44)/i16T,17T. The summed E-state index contributed by atoms with van der Waals surface area (Å²) in [6, 6.07) is 3.05. The minimum absolute atomic E-state index is 0.0154. The number of benzene rings is 1. The van der Waals surface area contributed by atoms with Crippen molar-refractivity contribution in [1.29, 1.82) is 0 Å². The maximum atomic E-state index is 13.4. The Morgan fingerprint density at radius 2 is 1.67 bits per heavy atom. The lowest BCUT2D eigenvalue weighted by atomic mass is 9.83. The summed E-state index contributed by atoms with van der Waals surface area (Å²) in [5.74, 6) is -1.69. The largest absolute Gasteiger partial charge is 0.444 e. The third kappa shape index (κ3) is 15.7. The molecule has 0 saturated heterocycles. The monoisotopic (exact) mass is 756 g/mol. The van der Waals surface area contributed by atoms with Gasteiger partial charge in [0.05, 0.1) is 40.1 Å². The molecule has 54 heavy (non-hydrogen) atoms. The van der Waals surface area contributed by atoms with Gasteiger partial charge in [0.2, 0.25) is 23.6 Å². The van der Waals surface area contributed by atoms with E-state index in [1.807, 2.05) is 13.8 Å². The van der Waals surface area contributed by atoms with E-state index in [9.17, 15) is 29.1 Å². The molecule has 1 saturated carbocycles. The van der Waals surface area contributed by atoms with E-state index in [2.05, 4.69) is 36.6 Å². The molecule has 0 aliphatic heterocycles. The molecule has 1 aliphatic carbocycles.